The van der Waals surface area contributed by atoms with Crippen molar-refractivity contribution < 1.29 is 14.3 Å². The number of likely N-dealkylation sites (tertiary alicyclic amines) is 1. The molecule has 0 aliphatic carbocycles. The minimum Gasteiger partial charge on any atom is -0.380 e. The van der Waals surface area contributed by atoms with Crippen LogP contribution in [0, 0.1) is 11.3 Å². The van der Waals surface area contributed by atoms with Crippen LogP contribution in [0.2, 0.25) is 0 Å². The van der Waals surface area contributed by atoms with Gasteiger partial charge in [0.15, 0.2) is 0 Å². The SMILES string of the molecule is COCC(=O)NC[C@]12COC[C@H]1CN(Cc1cnn(C)c1)C2. The van der Waals surface area contributed by atoms with Crippen LogP contribution in [-0.2, 0) is 27.9 Å². The number of carbonyl (C=O) groups excluding carboxylic acids is 1. The minimum atomic E-state index is -0.0618. The van der Waals surface area contributed by atoms with E-state index in [4.69, 9.17) is 9.47 Å². The third-order valence-corrected chi connectivity index (χ3v) is 4.67. The van der Waals surface area contributed by atoms with Crippen LogP contribution >= 0.6 is 0 Å². The maximum absolute atomic E-state index is 11.7. The monoisotopic (exact) mass is 308 g/mol. The zero-order valence-corrected chi connectivity index (χ0v) is 13.2. The molecule has 2 fully saturated rings. The molecule has 22 heavy (non-hydrogen) atoms. The van der Waals surface area contributed by atoms with Crippen molar-refractivity contribution in [3.63, 3.8) is 0 Å². The number of carbonyl (C=O) groups is 1. The number of fused-ring (bicyclic) bond motifs is 1. The van der Waals surface area contributed by atoms with Gasteiger partial charge in [-0.15, -0.1) is 0 Å². The molecule has 1 amide bonds. The third-order valence-electron chi connectivity index (χ3n) is 4.67. The summed E-state index contributed by atoms with van der Waals surface area (Å²) in [5, 5.41) is 7.21. The highest BCUT2D eigenvalue weighted by atomic mass is 16.5. The summed E-state index contributed by atoms with van der Waals surface area (Å²) in [4.78, 5) is 14.1. The third kappa shape index (κ3) is 3.16. The van der Waals surface area contributed by atoms with Gasteiger partial charge in [-0.1, -0.05) is 0 Å². The largest absolute Gasteiger partial charge is 0.380 e. The molecule has 0 aromatic carbocycles. The van der Waals surface area contributed by atoms with E-state index in [1.54, 1.807) is 0 Å². The lowest BCUT2D eigenvalue weighted by Gasteiger charge is -2.27. The first-order valence-electron chi connectivity index (χ1n) is 7.64. The Morgan fingerprint density at radius 2 is 2.50 bits per heavy atom. The maximum atomic E-state index is 11.7. The van der Waals surface area contributed by atoms with Crippen LogP contribution in [0.5, 0.6) is 0 Å². The first kappa shape index (κ1) is 15.5. The van der Waals surface area contributed by atoms with Crippen molar-refractivity contribution in [1.82, 2.24) is 20.0 Å². The number of aromatic nitrogens is 2. The Morgan fingerprint density at radius 1 is 1.64 bits per heavy atom. The zero-order valence-electron chi connectivity index (χ0n) is 13.2. The molecule has 2 aliphatic heterocycles. The molecule has 2 atom stereocenters. The maximum Gasteiger partial charge on any atom is 0.246 e. The van der Waals surface area contributed by atoms with E-state index in [2.05, 4.69) is 21.5 Å². The molecule has 1 aromatic heterocycles. The van der Waals surface area contributed by atoms with Crippen molar-refractivity contribution in [2.45, 2.75) is 6.54 Å². The molecule has 3 heterocycles. The number of ether oxygens (including phenoxy) is 2. The fourth-order valence-electron chi connectivity index (χ4n) is 3.58. The Bertz CT molecular complexity index is 533. The van der Waals surface area contributed by atoms with Crippen molar-refractivity contribution >= 4 is 5.91 Å². The van der Waals surface area contributed by atoms with Gasteiger partial charge in [0.25, 0.3) is 0 Å². The molecule has 0 spiro atoms. The van der Waals surface area contributed by atoms with E-state index in [1.807, 2.05) is 17.9 Å². The molecular formula is C15H24N4O3. The Kier molecular flexibility index (Phi) is 4.46. The van der Waals surface area contributed by atoms with Gasteiger partial charge >= 0.3 is 0 Å². The Hall–Kier alpha value is -1.44. The summed E-state index contributed by atoms with van der Waals surface area (Å²) < 4.78 is 12.4. The lowest BCUT2D eigenvalue weighted by atomic mass is 9.81. The standard InChI is InChI=1S/C15H24N4O3/c1-18-4-12(3-17-18)5-19-6-13-7-22-11-15(13,10-19)9-16-14(20)8-21-2/h3-4,13H,5-11H2,1-2H3,(H,16,20)/t13-,15+/m1/s1. The average molecular weight is 308 g/mol. The molecule has 1 N–H and O–H groups in total. The second-order valence-electron chi connectivity index (χ2n) is 6.48. The summed E-state index contributed by atoms with van der Waals surface area (Å²) in [6.07, 6.45) is 3.97. The van der Waals surface area contributed by atoms with E-state index in [-0.39, 0.29) is 17.9 Å². The minimum absolute atomic E-state index is 0.0333. The molecule has 0 radical (unpaired) electrons. The Balaban J connectivity index is 1.59. The second kappa shape index (κ2) is 6.36. The average Bonchev–Trinajstić information content (AvgIpc) is 3.12. The van der Waals surface area contributed by atoms with Crippen molar-refractivity contribution in [3.05, 3.63) is 18.0 Å². The lowest BCUT2D eigenvalue weighted by Crippen LogP contribution is -2.44. The molecule has 2 aliphatic rings. The molecular weight excluding hydrogens is 284 g/mol. The molecule has 122 valence electrons. The van der Waals surface area contributed by atoms with Crippen molar-refractivity contribution in [2.75, 3.05) is 46.6 Å². The highest BCUT2D eigenvalue weighted by Gasteiger charge is 2.50. The predicted molar refractivity (Wildman–Crippen MR) is 80.1 cm³/mol. The Labute approximate surface area is 130 Å². The fraction of sp³-hybridized carbons (Fsp3) is 0.733. The van der Waals surface area contributed by atoms with Gasteiger partial charge in [-0.2, -0.15) is 5.10 Å². The summed E-state index contributed by atoms with van der Waals surface area (Å²) in [6.45, 7) is 5.12. The van der Waals surface area contributed by atoms with Crippen LogP contribution in [0.3, 0.4) is 0 Å². The number of amides is 1. The number of nitrogens with one attached hydrogen (secondary N) is 1. The van der Waals surface area contributed by atoms with Crippen molar-refractivity contribution in [3.8, 4) is 0 Å². The fourth-order valence-corrected chi connectivity index (χ4v) is 3.58. The van der Waals surface area contributed by atoms with Crippen LogP contribution < -0.4 is 5.32 Å². The van der Waals surface area contributed by atoms with Gasteiger partial charge in [0.05, 0.1) is 19.4 Å². The topological polar surface area (TPSA) is 68.6 Å². The van der Waals surface area contributed by atoms with Gasteiger partial charge in [0.2, 0.25) is 5.91 Å². The molecule has 0 bridgehead atoms. The van der Waals surface area contributed by atoms with Gasteiger partial charge in [-0.3, -0.25) is 14.4 Å². The molecule has 7 heteroatoms. The van der Waals surface area contributed by atoms with E-state index in [0.717, 1.165) is 26.2 Å². The summed E-state index contributed by atoms with van der Waals surface area (Å²) in [6, 6.07) is 0. The van der Waals surface area contributed by atoms with E-state index >= 15 is 0 Å². The van der Waals surface area contributed by atoms with Crippen LogP contribution in [0.4, 0.5) is 0 Å². The first-order chi connectivity index (χ1) is 10.6. The lowest BCUT2D eigenvalue weighted by molar-refractivity contribution is -0.125. The van der Waals surface area contributed by atoms with Gasteiger partial charge in [-0.05, 0) is 0 Å². The van der Waals surface area contributed by atoms with Crippen LogP contribution in [0.25, 0.3) is 0 Å². The molecule has 2 saturated heterocycles. The molecule has 1 aromatic rings. The zero-order chi connectivity index (χ0) is 15.6. The number of aryl methyl sites for hydroxylation is 1. The van der Waals surface area contributed by atoms with Crippen LogP contribution in [0.1, 0.15) is 5.56 Å². The van der Waals surface area contributed by atoms with E-state index < -0.39 is 0 Å². The summed E-state index contributed by atoms with van der Waals surface area (Å²) in [5.41, 5.74) is 1.26. The van der Waals surface area contributed by atoms with Gasteiger partial charge in [0, 0.05) is 63.4 Å². The number of hydrogen-bond acceptors (Lipinski definition) is 5. The van der Waals surface area contributed by atoms with Gasteiger partial charge in [0.1, 0.15) is 6.61 Å². The van der Waals surface area contributed by atoms with Crippen LogP contribution in [0.15, 0.2) is 12.4 Å². The van der Waals surface area contributed by atoms with E-state index in [0.29, 0.717) is 19.1 Å². The highest BCUT2D eigenvalue weighted by Crippen LogP contribution is 2.41. The van der Waals surface area contributed by atoms with Gasteiger partial charge < -0.3 is 14.8 Å². The van der Waals surface area contributed by atoms with Crippen LogP contribution in [-0.4, -0.2) is 67.2 Å². The van der Waals surface area contributed by atoms with Gasteiger partial charge in [-0.25, -0.2) is 0 Å². The van der Waals surface area contributed by atoms with Crippen molar-refractivity contribution in [1.29, 1.82) is 0 Å². The summed E-state index contributed by atoms with van der Waals surface area (Å²) in [7, 11) is 3.47. The molecule has 0 saturated carbocycles. The highest BCUT2D eigenvalue weighted by molar-refractivity contribution is 5.77. The van der Waals surface area contributed by atoms with E-state index in [9.17, 15) is 4.79 Å². The Morgan fingerprint density at radius 3 is 3.23 bits per heavy atom. The first-order valence-corrected chi connectivity index (χ1v) is 7.64. The van der Waals surface area contributed by atoms with Crippen molar-refractivity contribution in [2.24, 2.45) is 18.4 Å². The molecule has 7 nitrogen and oxygen atoms in total. The number of hydrogen-bond donors (Lipinski definition) is 1. The number of rotatable bonds is 6. The number of methoxy groups -OCH3 is 1. The second-order valence-corrected chi connectivity index (χ2v) is 6.48. The quantitative estimate of drug-likeness (QED) is 0.777. The summed E-state index contributed by atoms with van der Waals surface area (Å²) >= 11 is 0. The normalized spacial score (nSPS) is 28.0. The van der Waals surface area contributed by atoms with E-state index in [1.165, 1.54) is 12.7 Å². The summed E-state index contributed by atoms with van der Waals surface area (Å²) in [5.74, 6) is 0.417. The molecule has 3 rings (SSSR count). The smallest absolute Gasteiger partial charge is 0.246 e. The molecule has 0 unspecified atom stereocenters. The number of nitrogens with zero attached hydrogens (tertiary/aromatic N) is 3. The predicted octanol–water partition coefficient (Wildman–Crippen LogP) is -0.369.